The highest BCUT2D eigenvalue weighted by Gasteiger charge is 2.68. The normalized spacial score (nSPS) is 47.1. The Labute approximate surface area is 90.5 Å². The van der Waals surface area contributed by atoms with Gasteiger partial charge in [0.25, 0.3) is 0 Å². The van der Waals surface area contributed by atoms with E-state index in [0.29, 0.717) is 5.92 Å². The molecule has 86 valence electrons. The summed E-state index contributed by atoms with van der Waals surface area (Å²) >= 11 is 0. The zero-order valence-corrected chi connectivity index (χ0v) is 9.71. The minimum absolute atomic E-state index is 0.118. The van der Waals surface area contributed by atoms with Gasteiger partial charge in [-0.25, -0.2) is 0 Å². The Morgan fingerprint density at radius 1 is 1.40 bits per heavy atom. The minimum atomic E-state index is -1.03. The molecule has 2 fully saturated rings. The summed E-state index contributed by atoms with van der Waals surface area (Å²) in [5.41, 5.74) is -1.49. The van der Waals surface area contributed by atoms with Crippen molar-refractivity contribution in [2.45, 2.75) is 52.1 Å². The lowest BCUT2D eigenvalue weighted by Gasteiger charge is -2.50. The molecular weight excluding hydrogens is 192 g/mol. The van der Waals surface area contributed by atoms with E-state index in [1.54, 1.807) is 0 Å². The average molecular weight is 212 g/mol. The Hall–Kier alpha value is -0.570. The average Bonchev–Trinajstić information content (AvgIpc) is 2.51. The van der Waals surface area contributed by atoms with Crippen LogP contribution in [0.5, 0.6) is 0 Å². The van der Waals surface area contributed by atoms with Gasteiger partial charge in [0.1, 0.15) is 0 Å². The molecule has 0 amide bonds. The lowest BCUT2D eigenvalue weighted by molar-refractivity contribution is -0.170. The van der Waals surface area contributed by atoms with Crippen molar-refractivity contribution >= 4 is 5.97 Å². The topological polar surface area (TPSA) is 57.5 Å². The first-order chi connectivity index (χ1) is 6.73. The lowest BCUT2D eigenvalue weighted by Crippen LogP contribution is -2.55. The standard InChI is InChI=1S/C12H20O3/c1-10(2)8-4-5-11(3,6-8)12(10,15)7-9(13)14/h8,15H,4-7H2,1-3H3,(H,13,14)/t8-,11+,12-/m0/s1. The first-order valence-electron chi connectivity index (χ1n) is 5.67. The third-order valence-electron chi connectivity index (χ3n) is 5.23. The van der Waals surface area contributed by atoms with Crippen molar-refractivity contribution in [1.82, 2.24) is 0 Å². The zero-order valence-electron chi connectivity index (χ0n) is 9.71. The minimum Gasteiger partial charge on any atom is -0.481 e. The van der Waals surface area contributed by atoms with E-state index in [1.165, 1.54) is 0 Å². The van der Waals surface area contributed by atoms with Gasteiger partial charge in [-0.1, -0.05) is 20.8 Å². The van der Waals surface area contributed by atoms with Crippen LogP contribution in [0.3, 0.4) is 0 Å². The van der Waals surface area contributed by atoms with Crippen LogP contribution in [0.25, 0.3) is 0 Å². The van der Waals surface area contributed by atoms with Gasteiger partial charge in [0.2, 0.25) is 0 Å². The van der Waals surface area contributed by atoms with Gasteiger partial charge in [0, 0.05) is 0 Å². The molecule has 0 unspecified atom stereocenters. The number of aliphatic hydroxyl groups is 1. The van der Waals surface area contributed by atoms with E-state index in [-0.39, 0.29) is 17.3 Å². The predicted octanol–water partition coefficient (Wildman–Crippen LogP) is 2.04. The van der Waals surface area contributed by atoms with Gasteiger partial charge in [-0.2, -0.15) is 0 Å². The number of hydrogen-bond donors (Lipinski definition) is 2. The molecule has 2 aliphatic carbocycles. The molecule has 2 bridgehead atoms. The second-order valence-corrected chi connectivity index (χ2v) is 6.15. The number of aliphatic carboxylic acids is 1. The molecule has 0 aliphatic heterocycles. The highest BCUT2D eigenvalue weighted by molar-refractivity contribution is 5.69. The fraction of sp³-hybridized carbons (Fsp3) is 0.917. The molecule has 0 aromatic carbocycles. The maximum absolute atomic E-state index is 10.9. The van der Waals surface area contributed by atoms with E-state index in [4.69, 9.17) is 5.11 Å². The second kappa shape index (κ2) is 2.76. The first kappa shape index (κ1) is 10.9. The van der Waals surface area contributed by atoms with Gasteiger partial charge in [-0.15, -0.1) is 0 Å². The fourth-order valence-electron chi connectivity index (χ4n) is 4.01. The van der Waals surface area contributed by atoms with Gasteiger partial charge >= 0.3 is 5.97 Å². The van der Waals surface area contributed by atoms with E-state index in [0.717, 1.165) is 19.3 Å². The Balaban J connectivity index is 2.40. The molecule has 3 heteroatoms. The molecule has 3 atom stereocenters. The van der Waals surface area contributed by atoms with Crippen LogP contribution in [0.15, 0.2) is 0 Å². The Morgan fingerprint density at radius 2 is 2.00 bits per heavy atom. The summed E-state index contributed by atoms with van der Waals surface area (Å²) in [7, 11) is 0. The number of rotatable bonds is 2. The molecule has 0 radical (unpaired) electrons. The van der Waals surface area contributed by atoms with Crippen molar-refractivity contribution in [2.75, 3.05) is 0 Å². The van der Waals surface area contributed by atoms with Crippen LogP contribution in [0.4, 0.5) is 0 Å². The Morgan fingerprint density at radius 3 is 2.40 bits per heavy atom. The maximum atomic E-state index is 10.9. The van der Waals surface area contributed by atoms with Crippen molar-refractivity contribution < 1.29 is 15.0 Å². The van der Waals surface area contributed by atoms with Crippen LogP contribution in [0.2, 0.25) is 0 Å². The van der Waals surface area contributed by atoms with Crippen LogP contribution >= 0.6 is 0 Å². The van der Waals surface area contributed by atoms with E-state index in [2.05, 4.69) is 0 Å². The monoisotopic (exact) mass is 212 g/mol. The number of carbonyl (C=O) groups is 1. The van der Waals surface area contributed by atoms with E-state index >= 15 is 0 Å². The van der Waals surface area contributed by atoms with E-state index in [1.807, 2.05) is 20.8 Å². The molecule has 0 spiro atoms. The predicted molar refractivity (Wildman–Crippen MR) is 56.4 cm³/mol. The quantitative estimate of drug-likeness (QED) is 0.736. The summed E-state index contributed by atoms with van der Waals surface area (Å²) in [5.74, 6) is -0.411. The molecular formula is C12H20O3. The van der Waals surface area contributed by atoms with Gasteiger partial charge < -0.3 is 10.2 Å². The highest BCUT2D eigenvalue weighted by Crippen LogP contribution is 2.68. The summed E-state index contributed by atoms with van der Waals surface area (Å²) in [6.07, 6.45) is 2.95. The molecule has 2 aliphatic rings. The smallest absolute Gasteiger partial charge is 0.306 e. The third-order valence-corrected chi connectivity index (χ3v) is 5.23. The van der Waals surface area contributed by atoms with Gasteiger partial charge in [0.05, 0.1) is 12.0 Å². The largest absolute Gasteiger partial charge is 0.481 e. The van der Waals surface area contributed by atoms with Crippen LogP contribution in [0.1, 0.15) is 46.5 Å². The van der Waals surface area contributed by atoms with Gasteiger partial charge in [-0.05, 0) is 36.0 Å². The molecule has 0 heterocycles. The number of fused-ring (bicyclic) bond motifs is 2. The number of hydrogen-bond acceptors (Lipinski definition) is 2. The SMILES string of the molecule is CC1(C)[C@H]2CC[C@](C)(C2)[C@]1(O)CC(=O)O. The molecule has 3 nitrogen and oxygen atoms in total. The second-order valence-electron chi connectivity index (χ2n) is 6.15. The van der Waals surface area contributed by atoms with Crippen LogP contribution in [-0.2, 0) is 4.79 Å². The van der Waals surface area contributed by atoms with Crippen molar-refractivity contribution in [1.29, 1.82) is 0 Å². The molecule has 2 rings (SSSR count). The molecule has 0 saturated heterocycles. The highest BCUT2D eigenvalue weighted by atomic mass is 16.4. The Bertz CT molecular complexity index is 303. The molecule has 2 saturated carbocycles. The van der Waals surface area contributed by atoms with Gasteiger partial charge in [-0.3, -0.25) is 4.79 Å². The van der Waals surface area contributed by atoms with Crippen molar-refractivity contribution in [3.8, 4) is 0 Å². The summed E-state index contributed by atoms with van der Waals surface area (Å²) in [6.45, 7) is 6.08. The fourth-order valence-corrected chi connectivity index (χ4v) is 4.01. The number of carboxylic acids is 1. The summed E-state index contributed by atoms with van der Waals surface area (Å²) in [6, 6.07) is 0. The van der Waals surface area contributed by atoms with E-state index < -0.39 is 11.6 Å². The van der Waals surface area contributed by atoms with Crippen LogP contribution in [0, 0.1) is 16.7 Å². The van der Waals surface area contributed by atoms with Crippen molar-refractivity contribution in [2.24, 2.45) is 16.7 Å². The molecule has 2 N–H and O–H groups in total. The zero-order chi connectivity index (χ0) is 11.5. The third kappa shape index (κ3) is 1.13. The van der Waals surface area contributed by atoms with Gasteiger partial charge in [0.15, 0.2) is 0 Å². The summed E-state index contributed by atoms with van der Waals surface area (Å²) in [5, 5.41) is 19.7. The summed E-state index contributed by atoms with van der Waals surface area (Å²) in [4.78, 5) is 10.9. The van der Waals surface area contributed by atoms with Crippen molar-refractivity contribution in [3.63, 3.8) is 0 Å². The molecule has 15 heavy (non-hydrogen) atoms. The number of carboxylic acid groups (broad SMARTS) is 1. The van der Waals surface area contributed by atoms with E-state index in [9.17, 15) is 9.90 Å². The molecule has 0 aromatic rings. The maximum Gasteiger partial charge on any atom is 0.306 e. The first-order valence-corrected chi connectivity index (χ1v) is 5.67. The molecule has 0 aromatic heterocycles. The summed E-state index contributed by atoms with van der Waals surface area (Å²) < 4.78 is 0. The Kier molecular flexibility index (Phi) is 2.01. The van der Waals surface area contributed by atoms with Crippen LogP contribution in [-0.4, -0.2) is 21.8 Å². The van der Waals surface area contributed by atoms with Crippen LogP contribution < -0.4 is 0 Å². The van der Waals surface area contributed by atoms with Crippen molar-refractivity contribution in [3.05, 3.63) is 0 Å². The lowest BCUT2D eigenvalue weighted by atomic mass is 9.59.